The minimum Gasteiger partial charge on any atom is -0.481 e. The number of nitrogens with zero attached hydrogens (tertiary/aromatic N) is 1. The van der Waals surface area contributed by atoms with Gasteiger partial charge in [-0.3, -0.25) is 9.59 Å². The van der Waals surface area contributed by atoms with Crippen molar-refractivity contribution in [2.75, 3.05) is 40.0 Å². The van der Waals surface area contributed by atoms with E-state index in [2.05, 4.69) is 0 Å². The summed E-state index contributed by atoms with van der Waals surface area (Å²) in [7, 11) is 1.47. The van der Waals surface area contributed by atoms with Crippen LogP contribution in [0.15, 0.2) is 24.3 Å². The third kappa shape index (κ3) is 3.21. The molecule has 2 saturated heterocycles. The van der Waals surface area contributed by atoms with Crippen molar-refractivity contribution in [3.05, 3.63) is 35.6 Å². The Morgan fingerprint density at radius 2 is 1.88 bits per heavy atom. The third-order valence-electron chi connectivity index (χ3n) is 5.67. The van der Waals surface area contributed by atoms with Gasteiger partial charge in [0.05, 0.1) is 12.0 Å². The SMILES string of the molecule is COCC1(C(=O)O)CCN(C(=O)C2(c3ccc(F)cc3)CCOCC2)C1. The van der Waals surface area contributed by atoms with Crippen LogP contribution in [0.3, 0.4) is 0 Å². The highest BCUT2D eigenvalue weighted by Gasteiger charge is 2.51. The number of carbonyl (C=O) groups is 2. The fraction of sp³-hybridized carbons (Fsp3) is 0.579. The van der Waals surface area contributed by atoms with Crippen molar-refractivity contribution in [2.24, 2.45) is 5.41 Å². The normalized spacial score (nSPS) is 25.2. The lowest BCUT2D eigenvalue weighted by Gasteiger charge is -2.39. The van der Waals surface area contributed by atoms with Crippen LogP contribution in [0.5, 0.6) is 0 Å². The first kappa shape index (κ1) is 18.8. The highest BCUT2D eigenvalue weighted by Crippen LogP contribution is 2.40. The molecule has 1 aromatic carbocycles. The molecular weight excluding hydrogens is 341 g/mol. The van der Waals surface area contributed by atoms with Crippen LogP contribution >= 0.6 is 0 Å². The van der Waals surface area contributed by atoms with Gasteiger partial charge < -0.3 is 19.5 Å². The molecule has 26 heavy (non-hydrogen) atoms. The van der Waals surface area contributed by atoms with E-state index in [-0.39, 0.29) is 24.9 Å². The zero-order valence-electron chi connectivity index (χ0n) is 14.9. The Balaban J connectivity index is 1.89. The Hall–Kier alpha value is -1.99. The van der Waals surface area contributed by atoms with Gasteiger partial charge >= 0.3 is 5.97 Å². The van der Waals surface area contributed by atoms with Gasteiger partial charge in [-0.25, -0.2) is 4.39 Å². The molecule has 0 radical (unpaired) electrons. The minimum absolute atomic E-state index is 0.0682. The Labute approximate surface area is 151 Å². The van der Waals surface area contributed by atoms with Gasteiger partial charge in [0, 0.05) is 33.4 Å². The second kappa shape index (κ2) is 7.32. The Morgan fingerprint density at radius 1 is 1.23 bits per heavy atom. The lowest BCUT2D eigenvalue weighted by atomic mass is 9.73. The van der Waals surface area contributed by atoms with Crippen LogP contribution in [0.1, 0.15) is 24.8 Å². The second-order valence-electron chi connectivity index (χ2n) is 7.20. The number of likely N-dealkylation sites (tertiary alicyclic amines) is 1. The summed E-state index contributed by atoms with van der Waals surface area (Å²) < 4.78 is 23.9. The lowest BCUT2D eigenvalue weighted by Crippen LogP contribution is -2.50. The Bertz CT molecular complexity index is 671. The highest BCUT2D eigenvalue weighted by atomic mass is 19.1. The van der Waals surface area contributed by atoms with Gasteiger partial charge in [0.15, 0.2) is 0 Å². The zero-order valence-corrected chi connectivity index (χ0v) is 14.9. The zero-order chi connectivity index (χ0) is 18.8. The molecule has 3 rings (SSSR count). The van der Waals surface area contributed by atoms with Gasteiger partial charge in [-0.05, 0) is 37.0 Å². The molecule has 0 bridgehead atoms. The quantitative estimate of drug-likeness (QED) is 0.861. The molecule has 1 atom stereocenters. The first-order valence-corrected chi connectivity index (χ1v) is 8.79. The molecule has 0 saturated carbocycles. The standard InChI is InChI=1S/C19H24FNO5/c1-25-13-18(17(23)24)6-9-21(12-18)16(22)19(7-10-26-11-8-19)14-2-4-15(20)5-3-14/h2-5H,6-13H2,1H3,(H,23,24). The monoisotopic (exact) mass is 365 g/mol. The van der Waals surface area contributed by atoms with Crippen molar-refractivity contribution in [2.45, 2.75) is 24.7 Å². The molecule has 2 fully saturated rings. The molecule has 0 aliphatic carbocycles. The number of benzene rings is 1. The van der Waals surface area contributed by atoms with Gasteiger partial charge in [-0.1, -0.05) is 12.1 Å². The van der Waals surface area contributed by atoms with Crippen LogP contribution in [0.2, 0.25) is 0 Å². The molecular formula is C19H24FNO5. The summed E-state index contributed by atoms with van der Waals surface area (Å²) >= 11 is 0. The lowest BCUT2D eigenvalue weighted by molar-refractivity contribution is -0.152. The number of hydrogen-bond donors (Lipinski definition) is 1. The van der Waals surface area contributed by atoms with Crippen molar-refractivity contribution in [3.8, 4) is 0 Å². The van der Waals surface area contributed by atoms with E-state index in [1.807, 2.05) is 0 Å². The molecule has 1 amide bonds. The van der Waals surface area contributed by atoms with Crippen molar-refractivity contribution >= 4 is 11.9 Å². The van der Waals surface area contributed by atoms with Crippen LogP contribution in [-0.2, 0) is 24.5 Å². The van der Waals surface area contributed by atoms with E-state index in [9.17, 15) is 19.1 Å². The summed E-state index contributed by atoms with van der Waals surface area (Å²) in [6.45, 7) is 1.45. The number of carbonyl (C=O) groups excluding carboxylic acids is 1. The maximum atomic E-state index is 13.5. The number of hydrogen-bond acceptors (Lipinski definition) is 4. The number of amides is 1. The number of carboxylic acids is 1. The summed E-state index contributed by atoms with van der Waals surface area (Å²) in [4.78, 5) is 26.9. The van der Waals surface area contributed by atoms with Gasteiger partial charge in [0.2, 0.25) is 5.91 Å². The first-order valence-electron chi connectivity index (χ1n) is 8.79. The maximum Gasteiger partial charge on any atom is 0.313 e. The molecule has 1 aromatic rings. The van der Waals surface area contributed by atoms with Gasteiger partial charge in [-0.2, -0.15) is 0 Å². The largest absolute Gasteiger partial charge is 0.481 e. The van der Waals surface area contributed by atoms with Crippen molar-refractivity contribution < 1.29 is 28.6 Å². The number of carboxylic acid groups (broad SMARTS) is 1. The third-order valence-corrected chi connectivity index (χ3v) is 5.67. The average molecular weight is 365 g/mol. The van der Waals surface area contributed by atoms with Gasteiger partial charge in [0.1, 0.15) is 11.2 Å². The van der Waals surface area contributed by atoms with Crippen LogP contribution in [0.4, 0.5) is 4.39 Å². The van der Waals surface area contributed by atoms with E-state index in [1.54, 1.807) is 17.0 Å². The summed E-state index contributed by atoms with van der Waals surface area (Å²) in [6.07, 6.45) is 1.36. The van der Waals surface area contributed by atoms with Crippen LogP contribution in [0, 0.1) is 11.2 Å². The van der Waals surface area contributed by atoms with E-state index in [0.717, 1.165) is 5.56 Å². The molecule has 1 N–H and O–H groups in total. The molecule has 0 spiro atoms. The van der Waals surface area contributed by atoms with E-state index < -0.39 is 16.8 Å². The van der Waals surface area contributed by atoms with E-state index in [4.69, 9.17) is 9.47 Å². The van der Waals surface area contributed by atoms with Crippen LogP contribution < -0.4 is 0 Å². The summed E-state index contributed by atoms with van der Waals surface area (Å²) in [6, 6.07) is 6.01. The number of aliphatic carboxylic acids is 1. The molecule has 2 aliphatic heterocycles. The van der Waals surface area contributed by atoms with E-state index >= 15 is 0 Å². The summed E-state index contributed by atoms with van der Waals surface area (Å²) in [5.74, 6) is -1.40. The van der Waals surface area contributed by atoms with Crippen LogP contribution in [0.25, 0.3) is 0 Å². The molecule has 2 heterocycles. The fourth-order valence-electron chi connectivity index (χ4n) is 4.09. The van der Waals surface area contributed by atoms with E-state index in [0.29, 0.717) is 39.0 Å². The molecule has 0 aromatic heterocycles. The van der Waals surface area contributed by atoms with E-state index in [1.165, 1.54) is 19.2 Å². The predicted molar refractivity (Wildman–Crippen MR) is 91.3 cm³/mol. The minimum atomic E-state index is -1.07. The highest BCUT2D eigenvalue weighted by molar-refractivity contribution is 5.90. The van der Waals surface area contributed by atoms with Crippen molar-refractivity contribution in [1.29, 1.82) is 0 Å². The number of halogens is 1. The number of rotatable bonds is 5. The summed E-state index contributed by atoms with van der Waals surface area (Å²) in [5.41, 5.74) is -1.11. The molecule has 1 unspecified atom stereocenters. The first-order chi connectivity index (χ1) is 12.4. The van der Waals surface area contributed by atoms with Gasteiger partial charge in [-0.15, -0.1) is 0 Å². The summed E-state index contributed by atoms with van der Waals surface area (Å²) in [5, 5.41) is 9.64. The smallest absolute Gasteiger partial charge is 0.313 e. The van der Waals surface area contributed by atoms with Gasteiger partial charge in [0.25, 0.3) is 0 Å². The molecule has 142 valence electrons. The Kier molecular flexibility index (Phi) is 5.29. The fourth-order valence-corrected chi connectivity index (χ4v) is 4.09. The molecule has 7 heteroatoms. The number of ether oxygens (including phenoxy) is 2. The topological polar surface area (TPSA) is 76.1 Å². The molecule has 2 aliphatic rings. The van der Waals surface area contributed by atoms with Crippen LogP contribution in [-0.4, -0.2) is 61.9 Å². The second-order valence-corrected chi connectivity index (χ2v) is 7.20. The van der Waals surface area contributed by atoms with Crippen molar-refractivity contribution in [1.82, 2.24) is 4.90 Å². The molecule has 6 nitrogen and oxygen atoms in total. The van der Waals surface area contributed by atoms with Crippen molar-refractivity contribution in [3.63, 3.8) is 0 Å². The number of methoxy groups -OCH3 is 1. The predicted octanol–water partition coefficient (Wildman–Crippen LogP) is 1.82. The average Bonchev–Trinajstić information content (AvgIpc) is 3.08. The Morgan fingerprint density at radius 3 is 2.46 bits per heavy atom. The maximum absolute atomic E-state index is 13.5.